The number of ether oxygens (including phenoxy) is 2. The van der Waals surface area contributed by atoms with E-state index >= 15 is 0 Å². The van der Waals surface area contributed by atoms with Crippen LogP contribution in [0.1, 0.15) is 12.8 Å². The largest absolute Gasteiger partial charge is 0.447 e. The Balaban J connectivity index is 2.30. The van der Waals surface area contributed by atoms with Crippen molar-refractivity contribution in [2.75, 3.05) is 33.4 Å². The second kappa shape index (κ2) is 7.57. The number of nitrogens with one attached hydrogen (secondary N) is 1. The highest BCUT2D eigenvalue weighted by atomic mass is 16.6. The number of carbonyl (C=O) groups is 3. The van der Waals surface area contributed by atoms with Gasteiger partial charge in [0.25, 0.3) is 0 Å². The molecule has 0 radical (unpaired) electrons. The van der Waals surface area contributed by atoms with Crippen molar-refractivity contribution in [1.82, 2.24) is 10.2 Å². The van der Waals surface area contributed by atoms with Crippen molar-refractivity contribution in [3.05, 3.63) is 0 Å². The highest BCUT2D eigenvalue weighted by molar-refractivity contribution is 5.89. The number of primary amides is 1. The number of likely N-dealkylation sites (tertiary alicyclic amines) is 1. The van der Waals surface area contributed by atoms with Crippen LogP contribution in [0.2, 0.25) is 0 Å². The Hall–Kier alpha value is -1.83. The number of amides is 3. The molecule has 1 heterocycles. The van der Waals surface area contributed by atoms with E-state index in [1.807, 2.05) is 0 Å². The number of nitrogens with zero attached hydrogens (tertiary/aromatic N) is 1. The van der Waals surface area contributed by atoms with Gasteiger partial charge in [0.05, 0.1) is 6.61 Å². The molecule has 1 atom stereocenters. The van der Waals surface area contributed by atoms with E-state index in [4.69, 9.17) is 15.2 Å². The SMILES string of the molecule is COCCOC(=O)NCC(=O)N1CCC[C@H]1C(N)=O. The van der Waals surface area contributed by atoms with E-state index in [2.05, 4.69) is 5.32 Å². The summed E-state index contributed by atoms with van der Waals surface area (Å²) in [5.41, 5.74) is 5.20. The zero-order valence-electron chi connectivity index (χ0n) is 10.9. The third kappa shape index (κ3) is 4.74. The van der Waals surface area contributed by atoms with Gasteiger partial charge in [-0.2, -0.15) is 0 Å². The third-order valence-electron chi connectivity index (χ3n) is 2.81. The first-order chi connectivity index (χ1) is 9.06. The molecule has 0 aliphatic carbocycles. The van der Waals surface area contributed by atoms with Gasteiger partial charge in [0.1, 0.15) is 19.2 Å². The first-order valence-electron chi connectivity index (χ1n) is 6.04. The molecule has 19 heavy (non-hydrogen) atoms. The van der Waals surface area contributed by atoms with Crippen molar-refractivity contribution < 1.29 is 23.9 Å². The van der Waals surface area contributed by atoms with Crippen LogP contribution in [-0.2, 0) is 19.1 Å². The van der Waals surface area contributed by atoms with E-state index in [0.29, 0.717) is 13.0 Å². The molecule has 1 saturated heterocycles. The maximum atomic E-state index is 11.8. The van der Waals surface area contributed by atoms with E-state index in [1.165, 1.54) is 12.0 Å². The molecular formula is C11H19N3O5. The van der Waals surface area contributed by atoms with E-state index in [0.717, 1.165) is 6.42 Å². The lowest BCUT2D eigenvalue weighted by atomic mass is 10.2. The van der Waals surface area contributed by atoms with Gasteiger partial charge in [-0.1, -0.05) is 0 Å². The summed E-state index contributed by atoms with van der Waals surface area (Å²) in [4.78, 5) is 35.5. The Kier molecular flexibility index (Phi) is 6.07. The molecule has 108 valence electrons. The molecule has 0 unspecified atom stereocenters. The van der Waals surface area contributed by atoms with Crippen molar-refractivity contribution in [2.24, 2.45) is 5.73 Å². The molecule has 8 heteroatoms. The van der Waals surface area contributed by atoms with E-state index in [-0.39, 0.29) is 25.7 Å². The van der Waals surface area contributed by atoms with Crippen LogP contribution in [0.4, 0.5) is 4.79 Å². The Morgan fingerprint density at radius 3 is 2.74 bits per heavy atom. The highest BCUT2D eigenvalue weighted by Crippen LogP contribution is 2.16. The molecule has 1 aliphatic rings. The van der Waals surface area contributed by atoms with Gasteiger partial charge in [-0.25, -0.2) is 4.79 Å². The Morgan fingerprint density at radius 2 is 2.11 bits per heavy atom. The minimum Gasteiger partial charge on any atom is -0.447 e. The molecule has 0 bridgehead atoms. The van der Waals surface area contributed by atoms with Gasteiger partial charge in [0.15, 0.2) is 0 Å². The molecule has 8 nitrogen and oxygen atoms in total. The van der Waals surface area contributed by atoms with Crippen LogP contribution in [0.25, 0.3) is 0 Å². The normalized spacial score (nSPS) is 18.2. The fraction of sp³-hybridized carbons (Fsp3) is 0.727. The average molecular weight is 273 g/mol. The predicted molar refractivity (Wildman–Crippen MR) is 65.2 cm³/mol. The lowest BCUT2D eigenvalue weighted by molar-refractivity contribution is -0.136. The summed E-state index contributed by atoms with van der Waals surface area (Å²) in [7, 11) is 1.49. The van der Waals surface area contributed by atoms with Crippen molar-refractivity contribution in [3.63, 3.8) is 0 Å². The molecule has 1 aliphatic heterocycles. The van der Waals surface area contributed by atoms with Gasteiger partial charge in [0, 0.05) is 13.7 Å². The van der Waals surface area contributed by atoms with Gasteiger partial charge in [-0.05, 0) is 12.8 Å². The predicted octanol–water partition coefficient (Wildman–Crippen LogP) is -1.16. The van der Waals surface area contributed by atoms with Gasteiger partial charge < -0.3 is 25.4 Å². The molecule has 0 aromatic rings. The Morgan fingerprint density at radius 1 is 1.37 bits per heavy atom. The number of methoxy groups -OCH3 is 1. The Bertz CT molecular complexity index is 347. The maximum Gasteiger partial charge on any atom is 0.407 e. The summed E-state index contributed by atoms with van der Waals surface area (Å²) >= 11 is 0. The maximum absolute atomic E-state index is 11.8. The number of hydrogen-bond donors (Lipinski definition) is 2. The van der Waals surface area contributed by atoms with Crippen molar-refractivity contribution in [1.29, 1.82) is 0 Å². The number of rotatable bonds is 6. The molecule has 3 N–H and O–H groups in total. The van der Waals surface area contributed by atoms with Gasteiger partial charge in [-0.15, -0.1) is 0 Å². The highest BCUT2D eigenvalue weighted by Gasteiger charge is 2.32. The number of carbonyl (C=O) groups excluding carboxylic acids is 3. The molecule has 0 aromatic carbocycles. The summed E-state index contributed by atoms with van der Waals surface area (Å²) < 4.78 is 9.44. The van der Waals surface area contributed by atoms with E-state index < -0.39 is 18.0 Å². The van der Waals surface area contributed by atoms with Gasteiger partial charge in [-0.3, -0.25) is 9.59 Å². The summed E-state index contributed by atoms with van der Waals surface area (Å²) in [5, 5.41) is 2.32. The number of nitrogens with two attached hydrogens (primary N) is 1. The zero-order chi connectivity index (χ0) is 14.3. The minimum absolute atomic E-state index is 0.115. The quantitative estimate of drug-likeness (QED) is 0.593. The zero-order valence-corrected chi connectivity index (χ0v) is 10.9. The number of hydrogen-bond acceptors (Lipinski definition) is 5. The lowest BCUT2D eigenvalue weighted by Gasteiger charge is -2.22. The molecule has 3 amide bonds. The second-order valence-electron chi connectivity index (χ2n) is 4.13. The monoisotopic (exact) mass is 273 g/mol. The van der Waals surface area contributed by atoms with Crippen molar-refractivity contribution in [3.8, 4) is 0 Å². The first-order valence-corrected chi connectivity index (χ1v) is 6.04. The van der Waals surface area contributed by atoms with Gasteiger partial charge in [0.2, 0.25) is 11.8 Å². The summed E-state index contributed by atoms with van der Waals surface area (Å²) in [5.74, 6) is -0.862. The fourth-order valence-electron chi connectivity index (χ4n) is 1.88. The van der Waals surface area contributed by atoms with E-state index in [9.17, 15) is 14.4 Å². The first kappa shape index (κ1) is 15.2. The molecule has 0 spiro atoms. The summed E-state index contributed by atoms with van der Waals surface area (Å²) in [6, 6.07) is -0.571. The smallest absolute Gasteiger partial charge is 0.407 e. The molecule has 1 fully saturated rings. The van der Waals surface area contributed by atoms with Crippen LogP contribution in [0.5, 0.6) is 0 Å². The van der Waals surface area contributed by atoms with Crippen LogP contribution in [0.3, 0.4) is 0 Å². The number of alkyl carbamates (subject to hydrolysis) is 1. The van der Waals surface area contributed by atoms with Crippen LogP contribution in [0.15, 0.2) is 0 Å². The Labute approximate surface area is 111 Å². The fourth-order valence-corrected chi connectivity index (χ4v) is 1.88. The minimum atomic E-state index is -0.694. The molecule has 0 saturated carbocycles. The average Bonchev–Trinajstić information content (AvgIpc) is 2.85. The van der Waals surface area contributed by atoms with Crippen molar-refractivity contribution >= 4 is 17.9 Å². The summed E-state index contributed by atoms with van der Waals surface area (Å²) in [6.45, 7) is 0.670. The summed E-state index contributed by atoms with van der Waals surface area (Å²) in [6.07, 6.45) is 0.608. The molecule has 1 rings (SSSR count). The third-order valence-corrected chi connectivity index (χ3v) is 2.81. The van der Waals surface area contributed by atoms with Crippen LogP contribution < -0.4 is 11.1 Å². The van der Waals surface area contributed by atoms with Crippen molar-refractivity contribution in [2.45, 2.75) is 18.9 Å². The van der Waals surface area contributed by atoms with Crippen LogP contribution >= 0.6 is 0 Å². The molecular weight excluding hydrogens is 254 g/mol. The van der Waals surface area contributed by atoms with Crippen LogP contribution in [-0.4, -0.2) is 62.3 Å². The second-order valence-corrected chi connectivity index (χ2v) is 4.13. The standard InChI is InChI=1S/C11H19N3O5/c1-18-5-6-19-11(17)13-7-9(15)14-4-2-3-8(14)10(12)16/h8H,2-7H2,1H3,(H2,12,16)(H,13,17)/t8-/m0/s1. The lowest BCUT2D eigenvalue weighted by Crippen LogP contribution is -2.47. The van der Waals surface area contributed by atoms with E-state index in [1.54, 1.807) is 0 Å². The topological polar surface area (TPSA) is 111 Å². The molecule has 0 aromatic heterocycles. The van der Waals surface area contributed by atoms with Crippen LogP contribution in [0, 0.1) is 0 Å². The van der Waals surface area contributed by atoms with Gasteiger partial charge >= 0.3 is 6.09 Å².